The molecule has 0 spiro atoms. The second-order valence-electron chi connectivity index (χ2n) is 3.56. The molecular weight excluding hydrogens is 285 g/mol. The van der Waals surface area contributed by atoms with Gasteiger partial charge in [-0.2, -0.15) is 0 Å². The van der Waals surface area contributed by atoms with E-state index in [1.54, 1.807) is 0 Å². The Morgan fingerprint density at radius 2 is 1.94 bits per heavy atom. The molecule has 0 saturated heterocycles. The van der Waals surface area contributed by atoms with Gasteiger partial charge in [0, 0.05) is 11.3 Å². The molecule has 2 nitrogen and oxygen atoms in total. The Hall–Kier alpha value is -1.55. The van der Waals surface area contributed by atoms with E-state index in [0.29, 0.717) is 17.0 Å². The molecule has 0 aliphatic carbocycles. The van der Waals surface area contributed by atoms with Crippen LogP contribution in [0.4, 0.5) is 10.1 Å². The van der Waals surface area contributed by atoms with Crippen LogP contribution in [0, 0.1) is 5.82 Å². The van der Waals surface area contributed by atoms with E-state index in [0.717, 1.165) is 4.47 Å². The van der Waals surface area contributed by atoms with Crippen molar-refractivity contribution < 1.29 is 9.13 Å². The van der Waals surface area contributed by atoms with Gasteiger partial charge in [0.05, 0.1) is 4.47 Å². The van der Waals surface area contributed by atoms with Crippen LogP contribution in [0.15, 0.2) is 46.9 Å². The van der Waals surface area contributed by atoms with Gasteiger partial charge in [-0.1, -0.05) is 12.1 Å². The number of rotatable bonds is 3. The highest BCUT2D eigenvalue weighted by Gasteiger charge is 2.04. The van der Waals surface area contributed by atoms with Crippen LogP contribution >= 0.6 is 15.9 Å². The standard InChI is InChI=1S/C13H11BrFNO/c14-11-3-1-2-4-13(11)17-8-9-7-10(15)5-6-12(9)16/h1-7H,8,16H2. The average Bonchev–Trinajstić information content (AvgIpc) is 2.32. The van der Waals surface area contributed by atoms with Crippen molar-refractivity contribution >= 4 is 21.6 Å². The number of benzene rings is 2. The number of ether oxygens (including phenoxy) is 1. The summed E-state index contributed by atoms with van der Waals surface area (Å²) in [5, 5.41) is 0. The predicted octanol–water partition coefficient (Wildman–Crippen LogP) is 3.75. The maximum absolute atomic E-state index is 13.0. The summed E-state index contributed by atoms with van der Waals surface area (Å²) in [5.41, 5.74) is 6.90. The summed E-state index contributed by atoms with van der Waals surface area (Å²) >= 11 is 3.37. The van der Waals surface area contributed by atoms with Crippen molar-refractivity contribution in [3.63, 3.8) is 0 Å². The number of para-hydroxylation sites is 1. The van der Waals surface area contributed by atoms with Crippen molar-refractivity contribution in [2.45, 2.75) is 6.61 Å². The van der Waals surface area contributed by atoms with Crippen LogP contribution in [0.5, 0.6) is 5.75 Å². The lowest BCUT2D eigenvalue weighted by molar-refractivity contribution is 0.304. The largest absolute Gasteiger partial charge is 0.488 e. The smallest absolute Gasteiger partial charge is 0.133 e. The molecule has 17 heavy (non-hydrogen) atoms. The van der Waals surface area contributed by atoms with E-state index in [-0.39, 0.29) is 12.4 Å². The number of halogens is 2. The lowest BCUT2D eigenvalue weighted by atomic mass is 10.2. The third kappa shape index (κ3) is 2.97. The van der Waals surface area contributed by atoms with Gasteiger partial charge in [-0.3, -0.25) is 0 Å². The molecule has 2 rings (SSSR count). The summed E-state index contributed by atoms with van der Waals surface area (Å²) in [6.45, 7) is 0.242. The number of anilines is 1. The molecule has 2 N–H and O–H groups in total. The number of hydrogen-bond acceptors (Lipinski definition) is 2. The van der Waals surface area contributed by atoms with Crippen molar-refractivity contribution in [3.05, 3.63) is 58.3 Å². The van der Waals surface area contributed by atoms with Crippen LogP contribution in [0.1, 0.15) is 5.56 Å². The van der Waals surface area contributed by atoms with Crippen molar-refractivity contribution in [1.82, 2.24) is 0 Å². The fraction of sp³-hybridized carbons (Fsp3) is 0.0769. The van der Waals surface area contributed by atoms with Crippen molar-refractivity contribution in [2.24, 2.45) is 0 Å². The van der Waals surface area contributed by atoms with E-state index in [2.05, 4.69) is 15.9 Å². The molecule has 88 valence electrons. The van der Waals surface area contributed by atoms with Crippen molar-refractivity contribution in [2.75, 3.05) is 5.73 Å². The molecule has 0 saturated carbocycles. The number of nitrogens with two attached hydrogens (primary N) is 1. The van der Waals surface area contributed by atoms with Crippen LogP contribution in [0.2, 0.25) is 0 Å². The van der Waals surface area contributed by atoms with Crippen LogP contribution in [0.25, 0.3) is 0 Å². The Labute approximate surface area is 107 Å². The van der Waals surface area contributed by atoms with Crippen LogP contribution in [0.3, 0.4) is 0 Å². The molecule has 0 heterocycles. The molecule has 0 aliphatic heterocycles. The normalized spacial score (nSPS) is 10.2. The van der Waals surface area contributed by atoms with Gasteiger partial charge in [0.15, 0.2) is 0 Å². The fourth-order valence-corrected chi connectivity index (χ4v) is 1.82. The summed E-state index contributed by atoms with van der Waals surface area (Å²) in [4.78, 5) is 0. The number of nitrogen functional groups attached to an aromatic ring is 1. The summed E-state index contributed by atoms with van der Waals surface area (Å²) < 4.78 is 19.5. The van der Waals surface area contributed by atoms with Crippen molar-refractivity contribution in [3.8, 4) is 5.75 Å². The zero-order chi connectivity index (χ0) is 12.3. The zero-order valence-corrected chi connectivity index (χ0v) is 10.6. The lowest BCUT2D eigenvalue weighted by Gasteiger charge is -2.09. The SMILES string of the molecule is Nc1ccc(F)cc1COc1ccccc1Br. The first-order chi connectivity index (χ1) is 8.16. The summed E-state index contributed by atoms with van der Waals surface area (Å²) in [6.07, 6.45) is 0. The van der Waals surface area contributed by atoms with Crippen LogP contribution in [-0.2, 0) is 6.61 Å². The van der Waals surface area contributed by atoms with Gasteiger partial charge in [0.1, 0.15) is 18.2 Å². The molecule has 0 bridgehead atoms. The van der Waals surface area contributed by atoms with E-state index in [1.807, 2.05) is 24.3 Å². The Morgan fingerprint density at radius 1 is 1.18 bits per heavy atom. The zero-order valence-electron chi connectivity index (χ0n) is 8.99. The molecule has 0 aliphatic rings. The molecule has 0 amide bonds. The van der Waals surface area contributed by atoms with Gasteiger partial charge in [-0.05, 0) is 46.3 Å². The quantitative estimate of drug-likeness (QED) is 0.875. The van der Waals surface area contributed by atoms with E-state index in [1.165, 1.54) is 18.2 Å². The highest BCUT2D eigenvalue weighted by Crippen LogP contribution is 2.25. The maximum Gasteiger partial charge on any atom is 0.133 e. The van der Waals surface area contributed by atoms with Gasteiger partial charge >= 0.3 is 0 Å². The molecule has 2 aromatic rings. The lowest BCUT2D eigenvalue weighted by Crippen LogP contribution is -2.01. The van der Waals surface area contributed by atoms with Gasteiger partial charge in [0.25, 0.3) is 0 Å². The summed E-state index contributed by atoms with van der Waals surface area (Å²) in [5.74, 6) is 0.390. The minimum absolute atomic E-state index is 0.242. The molecule has 4 heteroatoms. The van der Waals surface area contributed by atoms with E-state index in [4.69, 9.17) is 10.5 Å². The van der Waals surface area contributed by atoms with Gasteiger partial charge in [0.2, 0.25) is 0 Å². The first-order valence-corrected chi connectivity index (χ1v) is 5.87. The molecule has 0 aromatic heterocycles. The third-order valence-corrected chi connectivity index (χ3v) is 2.98. The fourth-order valence-electron chi connectivity index (χ4n) is 1.42. The second kappa shape index (κ2) is 5.19. The molecular formula is C13H11BrFNO. The van der Waals surface area contributed by atoms with Crippen LogP contribution in [-0.4, -0.2) is 0 Å². The third-order valence-electron chi connectivity index (χ3n) is 2.32. The van der Waals surface area contributed by atoms with Gasteiger partial charge in [-0.15, -0.1) is 0 Å². The second-order valence-corrected chi connectivity index (χ2v) is 4.42. The number of hydrogen-bond donors (Lipinski definition) is 1. The van der Waals surface area contributed by atoms with E-state index < -0.39 is 0 Å². The van der Waals surface area contributed by atoms with E-state index in [9.17, 15) is 4.39 Å². The van der Waals surface area contributed by atoms with Gasteiger partial charge in [-0.25, -0.2) is 4.39 Å². The Bertz CT molecular complexity index is 531. The van der Waals surface area contributed by atoms with Gasteiger partial charge < -0.3 is 10.5 Å². The molecule has 0 radical (unpaired) electrons. The molecule has 0 fully saturated rings. The predicted molar refractivity (Wildman–Crippen MR) is 69.3 cm³/mol. The summed E-state index contributed by atoms with van der Waals surface area (Å²) in [7, 11) is 0. The van der Waals surface area contributed by atoms with Crippen molar-refractivity contribution in [1.29, 1.82) is 0 Å². The Kier molecular flexibility index (Phi) is 3.64. The topological polar surface area (TPSA) is 35.2 Å². The Balaban J connectivity index is 2.12. The first-order valence-electron chi connectivity index (χ1n) is 5.08. The summed E-state index contributed by atoms with van der Waals surface area (Å²) in [6, 6.07) is 11.7. The minimum Gasteiger partial charge on any atom is -0.488 e. The maximum atomic E-state index is 13.0. The first kappa shape index (κ1) is 11.9. The minimum atomic E-state index is -0.315. The monoisotopic (exact) mass is 295 g/mol. The highest BCUT2D eigenvalue weighted by atomic mass is 79.9. The molecule has 0 atom stereocenters. The molecule has 2 aromatic carbocycles. The van der Waals surface area contributed by atoms with Crippen LogP contribution < -0.4 is 10.5 Å². The molecule has 0 unspecified atom stereocenters. The van der Waals surface area contributed by atoms with E-state index >= 15 is 0 Å². The Morgan fingerprint density at radius 3 is 2.71 bits per heavy atom. The average molecular weight is 296 g/mol. The highest BCUT2D eigenvalue weighted by molar-refractivity contribution is 9.10.